The van der Waals surface area contributed by atoms with Crippen LogP contribution in [0.1, 0.15) is 0 Å². The number of benzene rings is 1. The summed E-state index contributed by atoms with van der Waals surface area (Å²) in [6.07, 6.45) is 0. The van der Waals surface area contributed by atoms with Gasteiger partial charge < -0.3 is 9.84 Å². The van der Waals surface area contributed by atoms with Crippen LogP contribution in [0.4, 0.5) is 0 Å². The Hall–Kier alpha value is -0.0600. The molecule has 0 fully saturated rings. The Kier molecular flexibility index (Phi) is 4.05. The summed E-state index contributed by atoms with van der Waals surface area (Å²) in [5, 5.41) is 8.52. The van der Waals surface area contributed by atoms with Crippen molar-refractivity contribution in [2.45, 2.75) is 0 Å². The van der Waals surface area contributed by atoms with E-state index in [1.807, 2.05) is 18.2 Å². The van der Waals surface area contributed by atoms with Gasteiger partial charge in [0, 0.05) is 4.47 Å². The average molecular weight is 296 g/mol. The van der Waals surface area contributed by atoms with Gasteiger partial charge >= 0.3 is 0 Å². The van der Waals surface area contributed by atoms with Crippen molar-refractivity contribution in [2.24, 2.45) is 0 Å². The molecule has 0 aromatic heterocycles. The first-order valence-electron chi connectivity index (χ1n) is 3.43. The van der Waals surface area contributed by atoms with Crippen LogP contribution in [0.3, 0.4) is 0 Å². The second kappa shape index (κ2) is 4.84. The molecule has 0 amide bonds. The maximum atomic E-state index is 8.52. The average Bonchev–Trinajstić information content (AvgIpc) is 2.03. The van der Waals surface area contributed by atoms with Crippen LogP contribution in [0.5, 0.6) is 5.75 Å². The number of hydrogen-bond acceptors (Lipinski definition) is 2. The van der Waals surface area contributed by atoms with Gasteiger partial charge in [-0.25, -0.2) is 0 Å². The lowest BCUT2D eigenvalue weighted by molar-refractivity contribution is 0.200. The molecule has 4 heteroatoms. The van der Waals surface area contributed by atoms with Crippen molar-refractivity contribution in [1.82, 2.24) is 0 Å². The lowest BCUT2D eigenvalue weighted by Crippen LogP contribution is -2.01. The molecule has 1 aromatic carbocycles. The van der Waals surface area contributed by atoms with E-state index in [1.54, 1.807) is 0 Å². The number of aliphatic hydroxyl groups is 1. The third-order valence-electron chi connectivity index (χ3n) is 1.24. The summed E-state index contributed by atoms with van der Waals surface area (Å²) in [5.41, 5.74) is 0. The summed E-state index contributed by atoms with van der Waals surface area (Å²) in [6.45, 7) is 0.350. The predicted octanol–water partition coefficient (Wildman–Crippen LogP) is 2.58. The minimum absolute atomic E-state index is 0.0303. The zero-order chi connectivity index (χ0) is 8.97. The molecule has 1 N–H and O–H groups in total. The number of rotatable bonds is 3. The predicted molar refractivity (Wildman–Crippen MR) is 54.4 cm³/mol. The van der Waals surface area contributed by atoms with E-state index >= 15 is 0 Å². The summed E-state index contributed by atoms with van der Waals surface area (Å²) in [5.74, 6) is 0.743. The Balaban J connectivity index is 2.72. The molecule has 0 aliphatic heterocycles. The summed E-state index contributed by atoms with van der Waals surface area (Å²) in [4.78, 5) is 0. The first-order valence-corrected chi connectivity index (χ1v) is 5.01. The Bertz CT molecular complexity index is 263. The molecule has 0 saturated carbocycles. The number of halogens is 2. The van der Waals surface area contributed by atoms with Gasteiger partial charge in [0.1, 0.15) is 12.4 Å². The molecule has 0 heterocycles. The van der Waals surface area contributed by atoms with Gasteiger partial charge in [0.05, 0.1) is 11.1 Å². The SMILES string of the molecule is OCCOc1ccc(Br)cc1Br. The molecule has 0 bridgehead atoms. The Morgan fingerprint density at radius 3 is 2.67 bits per heavy atom. The summed E-state index contributed by atoms with van der Waals surface area (Å²) >= 11 is 6.67. The molecule has 0 saturated heterocycles. The van der Waals surface area contributed by atoms with Crippen molar-refractivity contribution in [2.75, 3.05) is 13.2 Å². The lowest BCUT2D eigenvalue weighted by Gasteiger charge is -2.05. The van der Waals surface area contributed by atoms with Crippen LogP contribution in [0, 0.1) is 0 Å². The van der Waals surface area contributed by atoms with Crippen LogP contribution < -0.4 is 4.74 Å². The molecule has 0 atom stereocenters. The first kappa shape index (κ1) is 10.0. The highest BCUT2D eigenvalue weighted by Crippen LogP contribution is 2.27. The largest absolute Gasteiger partial charge is 0.490 e. The zero-order valence-corrected chi connectivity index (χ0v) is 9.43. The van der Waals surface area contributed by atoms with E-state index in [1.165, 1.54) is 0 Å². The van der Waals surface area contributed by atoms with Crippen LogP contribution >= 0.6 is 31.9 Å². The van der Waals surface area contributed by atoms with Gasteiger partial charge in [0.25, 0.3) is 0 Å². The molecule has 66 valence electrons. The minimum atomic E-state index is 0.0303. The second-order valence-electron chi connectivity index (χ2n) is 2.15. The molecule has 1 aromatic rings. The highest BCUT2D eigenvalue weighted by molar-refractivity contribution is 9.11. The molecule has 1 rings (SSSR count). The third kappa shape index (κ3) is 2.77. The van der Waals surface area contributed by atoms with Gasteiger partial charge in [-0.3, -0.25) is 0 Å². The maximum Gasteiger partial charge on any atom is 0.133 e. The van der Waals surface area contributed by atoms with Crippen molar-refractivity contribution < 1.29 is 9.84 Å². The normalized spacial score (nSPS) is 9.92. The van der Waals surface area contributed by atoms with Crippen molar-refractivity contribution in [3.8, 4) is 5.75 Å². The molecular formula is C8H8Br2O2. The van der Waals surface area contributed by atoms with Gasteiger partial charge in [-0.15, -0.1) is 0 Å². The van der Waals surface area contributed by atoms with E-state index in [-0.39, 0.29) is 6.61 Å². The van der Waals surface area contributed by atoms with E-state index < -0.39 is 0 Å². The van der Waals surface area contributed by atoms with E-state index in [0.29, 0.717) is 6.61 Å². The standard InChI is InChI=1S/C8H8Br2O2/c9-6-1-2-8(7(10)5-6)12-4-3-11/h1-2,5,11H,3-4H2. The number of hydrogen-bond donors (Lipinski definition) is 1. The quantitative estimate of drug-likeness (QED) is 0.929. The van der Waals surface area contributed by atoms with Gasteiger partial charge in [-0.2, -0.15) is 0 Å². The Morgan fingerprint density at radius 2 is 2.08 bits per heavy atom. The highest BCUT2D eigenvalue weighted by atomic mass is 79.9. The fourth-order valence-corrected chi connectivity index (χ4v) is 1.91. The van der Waals surface area contributed by atoms with Gasteiger partial charge in [-0.1, -0.05) is 15.9 Å². The Morgan fingerprint density at radius 1 is 1.33 bits per heavy atom. The summed E-state index contributed by atoms with van der Waals surface area (Å²) < 4.78 is 7.09. The number of ether oxygens (including phenoxy) is 1. The maximum absolute atomic E-state index is 8.52. The van der Waals surface area contributed by atoms with Crippen molar-refractivity contribution in [3.05, 3.63) is 27.1 Å². The molecule has 2 nitrogen and oxygen atoms in total. The fourth-order valence-electron chi connectivity index (χ4n) is 0.748. The Labute approximate surface area is 87.8 Å². The van der Waals surface area contributed by atoms with Gasteiger partial charge in [0.15, 0.2) is 0 Å². The van der Waals surface area contributed by atoms with E-state index in [2.05, 4.69) is 31.9 Å². The first-order chi connectivity index (χ1) is 5.74. The molecule has 0 spiro atoms. The van der Waals surface area contributed by atoms with Crippen LogP contribution in [0.2, 0.25) is 0 Å². The minimum Gasteiger partial charge on any atom is -0.490 e. The molecule has 0 aliphatic rings. The van der Waals surface area contributed by atoms with Crippen LogP contribution in [0.15, 0.2) is 27.1 Å². The highest BCUT2D eigenvalue weighted by Gasteiger charge is 1.99. The van der Waals surface area contributed by atoms with E-state index in [0.717, 1.165) is 14.7 Å². The van der Waals surface area contributed by atoms with Crippen LogP contribution in [0.25, 0.3) is 0 Å². The number of aliphatic hydroxyl groups excluding tert-OH is 1. The smallest absolute Gasteiger partial charge is 0.133 e. The van der Waals surface area contributed by atoms with Crippen molar-refractivity contribution >= 4 is 31.9 Å². The molecule has 0 aliphatic carbocycles. The second-order valence-corrected chi connectivity index (χ2v) is 3.92. The van der Waals surface area contributed by atoms with E-state index in [4.69, 9.17) is 9.84 Å². The summed E-state index contributed by atoms with van der Waals surface area (Å²) in [7, 11) is 0. The van der Waals surface area contributed by atoms with Gasteiger partial charge in [-0.05, 0) is 34.1 Å². The van der Waals surface area contributed by atoms with E-state index in [9.17, 15) is 0 Å². The molecule has 12 heavy (non-hydrogen) atoms. The fraction of sp³-hybridized carbons (Fsp3) is 0.250. The summed E-state index contributed by atoms with van der Waals surface area (Å²) in [6, 6.07) is 5.62. The van der Waals surface area contributed by atoms with Crippen molar-refractivity contribution in [1.29, 1.82) is 0 Å². The van der Waals surface area contributed by atoms with Crippen LogP contribution in [-0.4, -0.2) is 18.3 Å². The molecular weight excluding hydrogens is 288 g/mol. The van der Waals surface area contributed by atoms with Crippen molar-refractivity contribution in [3.63, 3.8) is 0 Å². The third-order valence-corrected chi connectivity index (χ3v) is 2.36. The van der Waals surface area contributed by atoms with Gasteiger partial charge in [0.2, 0.25) is 0 Å². The van der Waals surface area contributed by atoms with Crippen LogP contribution in [-0.2, 0) is 0 Å². The lowest BCUT2D eigenvalue weighted by atomic mass is 10.3. The molecule has 0 unspecified atom stereocenters. The zero-order valence-electron chi connectivity index (χ0n) is 6.26. The monoisotopic (exact) mass is 294 g/mol. The topological polar surface area (TPSA) is 29.5 Å². The molecule has 0 radical (unpaired) electrons.